The van der Waals surface area contributed by atoms with Crippen molar-refractivity contribution < 1.29 is 9.53 Å². The Labute approximate surface area is 177 Å². The van der Waals surface area contributed by atoms with Crippen LogP contribution in [0.2, 0.25) is 5.02 Å². The van der Waals surface area contributed by atoms with Crippen molar-refractivity contribution in [3.8, 4) is 5.75 Å². The number of carbonyl (C=O) groups excluding carboxylic acids is 1. The molecule has 0 unspecified atom stereocenters. The molecule has 0 spiro atoms. The number of likely N-dealkylation sites (N-methyl/N-ethyl adjacent to an activating group) is 1. The molecule has 1 fully saturated rings. The molecule has 1 aromatic heterocycles. The van der Waals surface area contributed by atoms with Crippen molar-refractivity contribution in [1.82, 2.24) is 14.8 Å². The summed E-state index contributed by atoms with van der Waals surface area (Å²) < 4.78 is 5.33. The molecule has 1 aliphatic heterocycles. The number of ether oxygens (including phenoxy) is 1. The van der Waals surface area contributed by atoms with Gasteiger partial charge in [0.15, 0.2) is 0 Å². The van der Waals surface area contributed by atoms with E-state index in [1.54, 1.807) is 37.5 Å². The SMILES string of the molecule is COc1ccc(Cl)cc1/C=C/C(=O)N(C)C1CCN(CCc2ccccn2)CC1. The summed E-state index contributed by atoms with van der Waals surface area (Å²) in [5.41, 5.74) is 1.93. The monoisotopic (exact) mass is 413 g/mol. The minimum absolute atomic E-state index is 0.000959. The molecule has 3 rings (SSSR count). The van der Waals surface area contributed by atoms with E-state index in [9.17, 15) is 4.79 Å². The van der Waals surface area contributed by atoms with Gasteiger partial charge in [0.05, 0.1) is 7.11 Å². The first-order chi connectivity index (χ1) is 14.1. The zero-order valence-electron chi connectivity index (χ0n) is 17.1. The molecule has 1 saturated heterocycles. The van der Waals surface area contributed by atoms with E-state index in [1.807, 2.05) is 30.3 Å². The second-order valence-electron chi connectivity index (χ2n) is 7.31. The van der Waals surface area contributed by atoms with E-state index in [1.165, 1.54) is 0 Å². The van der Waals surface area contributed by atoms with Crippen LogP contribution in [0.25, 0.3) is 6.08 Å². The van der Waals surface area contributed by atoms with E-state index in [-0.39, 0.29) is 11.9 Å². The molecule has 1 amide bonds. The Balaban J connectivity index is 1.49. The molecule has 0 radical (unpaired) electrons. The van der Waals surface area contributed by atoms with E-state index in [2.05, 4.69) is 16.0 Å². The molecule has 29 heavy (non-hydrogen) atoms. The average molecular weight is 414 g/mol. The molecule has 0 N–H and O–H groups in total. The highest BCUT2D eigenvalue weighted by Crippen LogP contribution is 2.24. The highest BCUT2D eigenvalue weighted by molar-refractivity contribution is 6.30. The number of aromatic nitrogens is 1. The van der Waals surface area contributed by atoms with Gasteiger partial charge in [-0.05, 0) is 49.2 Å². The lowest BCUT2D eigenvalue weighted by atomic mass is 10.0. The molecule has 0 saturated carbocycles. The average Bonchev–Trinajstić information content (AvgIpc) is 2.76. The Kier molecular flexibility index (Phi) is 7.67. The van der Waals surface area contributed by atoms with Crippen molar-refractivity contribution in [3.63, 3.8) is 0 Å². The van der Waals surface area contributed by atoms with Crippen LogP contribution in [0.5, 0.6) is 5.75 Å². The number of methoxy groups -OCH3 is 1. The number of hydrogen-bond donors (Lipinski definition) is 0. The summed E-state index contributed by atoms with van der Waals surface area (Å²) in [5.74, 6) is 0.696. The maximum Gasteiger partial charge on any atom is 0.246 e. The summed E-state index contributed by atoms with van der Waals surface area (Å²) in [6, 6.07) is 11.7. The van der Waals surface area contributed by atoms with Crippen LogP contribution in [0.3, 0.4) is 0 Å². The number of halogens is 1. The van der Waals surface area contributed by atoms with Gasteiger partial charge in [-0.3, -0.25) is 9.78 Å². The molecule has 6 heteroatoms. The van der Waals surface area contributed by atoms with Crippen molar-refractivity contribution >= 4 is 23.6 Å². The smallest absolute Gasteiger partial charge is 0.246 e. The topological polar surface area (TPSA) is 45.7 Å². The van der Waals surface area contributed by atoms with Gasteiger partial charge in [0.2, 0.25) is 5.91 Å². The van der Waals surface area contributed by atoms with Gasteiger partial charge in [-0.25, -0.2) is 0 Å². The third kappa shape index (κ3) is 6.05. The summed E-state index contributed by atoms with van der Waals surface area (Å²) in [5, 5.41) is 0.615. The number of piperidine rings is 1. The fraction of sp³-hybridized carbons (Fsp3) is 0.391. The summed E-state index contributed by atoms with van der Waals surface area (Å²) in [6.45, 7) is 3.01. The van der Waals surface area contributed by atoms with Crippen molar-refractivity contribution in [2.75, 3.05) is 33.8 Å². The zero-order valence-corrected chi connectivity index (χ0v) is 17.8. The van der Waals surface area contributed by atoms with Crippen LogP contribution in [0.1, 0.15) is 24.1 Å². The maximum atomic E-state index is 12.6. The van der Waals surface area contributed by atoms with Crippen molar-refractivity contribution in [2.24, 2.45) is 0 Å². The van der Waals surface area contributed by atoms with Crippen LogP contribution in [0.4, 0.5) is 0 Å². The van der Waals surface area contributed by atoms with Crippen LogP contribution < -0.4 is 4.74 Å². The zero-order chi connectivity index (χ0) is 20.6. The van der Waals surface area contributed by atoms with Gasteiger partial charge in [0.25, 0.3) is 0 Å². The molecule has 2 heterocycles. The van der Waals surface area contributed by atoms with E-state index < -0.39 is 0 Å². The van der Waals surface area contributed by atoms with Crippen LogP contribution in [0, 0.1) is 0 Å². The number of likely N-dealkylation sites (tertiary alicyclic amines) is 1. The molecule has 154 valence electrons. The van der Waals surface area contributed by atoms with Crippen LogP contribution in [0.15, 0.2) is 48.7 Å². The quantitative estimate of drug-likeness (QED) is 0.645. The minimum atomic E-state index is -0.000959. The summed E-state index contributed by atoms with van der Waals surface area (Å²) in [4.78, 5) is 21.3. The Morgan fingerprint density at radius 2 is 2.10 bits per heavy atom. The van der Waals surface area contributed by atoms with Gasteiger partial charge in [0, 0.05) is 67.7 Å². The number of benzene rings is 1. The molecule has 1 aliphatic rings. The maximum absolute atomic E-state index is 12.6. The first kappa shape index (κ1) is 21.3. The number of rotatable bonds is 7. The largest absolute Gasteiger partial charge is 0.496 e. The number of nitrogens with zero attached hydrogens (tertiary/aromatic N) is 3. The highest BCUT2D eigenvalue weighted by Gasteiger charge is 2.24. The van der Waals surface area contributed by atoms with Gasteiger partial charge in [-0.2, -0.15) is 0 Å². The summed E-state index contributed by atoms with van der Waals surface area (Å²) >= 11 is 6.06. The van der Waals surface area contributed by atoms with Crippen LogP contribution >= 0.6 is 11.6 Å². The third-order valence-electron chi connectivity index (χ3n) is 5.46. The Morgan fingerprint density at radius 3 is 2.79 bits per heavy atom. The van der Waals surface area contributed by atoms with Gasteiger partial charge in [0.1, 0.15) is 5.75 Å². The Hall–Kier alpha value is -2.37. The summed E-state index contributed by atoms with van der Waals surface area (Å²) in [6.07, 6.45) is 8.14. The Bertz CT molecular complexity index is 833. The minimum Gasteiger partial charge on any atom is -0.496 e. The molecule has 0 bridgehead atoms. The standard InChI is InChI=1S/C23H28ClN3O2/c1-26(23(28)9-6-18-17-19(24)7-8-22(18)29-2)21-11-15-27(16-12-21)14-10-20-5-3-4-13-25-20/h3-9,13,17,21H,10-12,14-16H2,1-2H3/b9-6+. The molecule has 1 aromatic carbocycles. The second kappa shape index (κ2) is 10.4. The van der Waals surface area contributed by atoms with E-state index in [0.29, 0.717) is 10.8 Å². The Morgan fingerprint density at radius 1 is 1.31 bits per heavy atom. The lowest BCUT2D eigenvalue weighted by molar-refractivity contribution is -0.127. The van der Waals surface area contributed by atoms with Crippen LogP contribution in [-0.2, 0) is 11.2 Å². The number of pyridine rings is 1. The van der Waals surface area contributed by atoms with E-state index in [0.717, 1.165) is 50.2 Å². The fourth-order valence-electron chi connectivity index (χ4n) is 3.64. The van der Waals surface area contributed by atoms with Crippen LogP contribution in [-0.4, -0.2) is 60.5 Å². The first-order valence-corrected chi connectivity index (χ1v) is 10.4. The molecule has 2 aromatic rings. The third-order valence-corrected chi connectivity index (χ3v) is 5.70. The van der Waals surface area contributed by atoms with Gasteiger partial charge < -0.3 is 14.5 Å². The predicted octanol–water partition coefficient (Wildman–Crippen LogP) is 3.92. The molecular weight excluding hydrogens is 386 g/mol. The number of carbonyl (C=O) groups is 1. The van der Waals surface area contributed by atoms with Gasteiger partial charge in [-0.15, -0.1) is 0 Å². The molecule has 0 atom stereocenters. The van der Waals surface area contributed by atoms with Crippen molar-refractivity contribution in [1.29, 1.82) is 0 Å². The van der Waals surface area contributed by atoms with E-state index >= 15 is 0 Å². The molecule has 5 nitrogen and oxygen atoms in total. The van der Waals surface area contributed by atoms with Gasteiger partial charge in [-0.1, -0.05) is 17.7 Å². The predicted molar refractivity (Wildman–Crippen MR) is 117 cm³/mol. The van der Waals surface area contributed by atoms with Gasteiger partial charge >= 0.3 is 0 Å². The highest BCUT2D eigenvalue weighted by atomic mass is 35.5. The lowest BCUT2D eigenvalue weighted by Crippen LogP contribution is -2.45. The normalized spacial score (nSPS) is 15.6. The lowest BCUT2D eigenvalue weighted by Gasteiger charge is -2.36. The molecular formula is C23H28ClN3O2. The molecule has 0 aliphatic carbocycles. The van der Waals surface area contributed by atoms with E-state index in [4.69, 9.17) is 16.3 Å². The first-order valence-electron chi connectivity index (χ1n) is 9.97. The van der Waals surface area contributed by atoms with Crippen molar-refractivity contribution in [3.05, 3.63) is 65.0 Å². The summed E-state index contributed by atoms with van der Waals surface area (Å²) in [7, 11) is 3.49. The number of hydrogen-bond acceptors (Lipinski definition) is 4. The second-order valence-corrected chi connectivity index (χ2v) is 7.75. The fourth-order valence-corrected chi connectivity index (χ4v) is 3.82. The van der Waals surface area contributed by atoms with Crippen molar-refractivity contribution in [2.45, 2.75) is 25.3 Å². The number of amides is 1.